The molecule has 2 aliphatic rings. The molecule has 3 rings (SSSR count). The van der Waals surface area contributed by atoms with Crippen LogP contribution in [0.15, 0.2) is 29.3 Å². The first kappa shape index (κ1) is 25.2. The van der Waals surface area contributed by atoms with E-state index in [-0.39, 0.29) is 49.0 Å². The predicted octanol–water partition coefficient (Wildman–Crippen LogP) is 1.57. The van der Waals surface area contributed by atoms with Crippen LogP contribution in [0.4, 0.5) is 18.0 Å². The number of amides is 3. The molecule has 1 aromatic carbocycles. The molecule has 3 amide bonds. The molecule has 2 N–H and O–H groups in total. The van der Waals surface area contributed by atoms with Crippen LogP contribution in [-0.4, -0.2) is 85.5 Å². The number of benzene rings is 1. The first-order valence-corrected chi connectivity index (χ1v) is 9.70. The number of hydrogen-bond acceptors (Lipinski definition) is 4. The predicted molar refractivity (Wildman–Crippen MR) is 120 cm³/mol. The molecule has 2 saturated heterocycles. The number of aliphatic imine (C=N–C) groups is 1. The molecule has 2 aliphatic heterocycles. The number of carbonyl (C=O) groups is 2. The number of imide groups is 1. The van der Waals surface area contributed by atoms with Crippen molar-refractivity contribution in [3.63, 3.8) is 0 Å². The van der Waals surface area contributed by atoms with Gasteiger partial charge in [-0.15, -0.1) is 24.0 Å². The van der Waals surface area contributed by atoms with Crippen molar-refractivity contribution in [1.82, 2.24) is 25.3 Å². The lowest BCUT2D eigenvalue weighted by atomic mass is 10.1. The van der Waals surface area contributed by atoms with Crippen molar-refractivity contribution in [3.05, 3.63) is 35.4 Å². The lowest BCUT2D eigenvalue weighted by molar-refractivity contribution is -0.137. The van der Waals surface area contributed by atoms with Crippen molar-refractivity contribution in [2.45, 2.75) is 12.7 Å². The van der Waals surface area contributed by atoms with Gasteiger partial charge in [0.1, 0.15) is 0 Å². The molecule has 31 heavy (non-hydrogen) atoms. The topological polar surface area (TPSA) is 80.3 Å². The third kappa shape index (κ3) is 6.69. The molecular formula is C19H26F3IN6O2. The highest BCUT2D eigenvalue weighted by Crippen LogP contribution is 2.29. The second kappa shape index (κ2) is 11.0. The lowest BCUT2D eigenvalue weighted by Gasteiger charge is -2.36. The second-order valence-corrected chi connectivity index (χ2v) is 7.14. The van der Waals surface area contributed by atoms with Gasteiger partial charge in [-0.3, -0.25) is 19.6 Å². The average molecular weight is 554 g/mol. The highest BCUT2D eigenvalue weighted by Gasteiger charge is 2.31. The van der Waals surface area contributed by atoms with Gasteiger partial charge in [-0.25, -0.2) is 4.79 Å². The summed E-state index contributed by atoms with van der Waals surface area (Å²) in [4.78, 5) is 32.7. The molecule has 0 aromatic heterocycles. The van der Waals surface area contributed by atoms with Gasteiger partial charge in [-0.1, -0.05) is 18.2 Å². The van der Waals surface area contributed by atoms with Crippen molar-refractivity contribution in [1.29, 1.82) is 0 Å². The summed E-state index contributed by atoms with van der Waals surface area (Å²) in [6, 6.07) is 5.03. The number of halogens is 4. The van der Waals surface area contributed by atoms with Crippen molar-refractivity contribution in [3.8, 4) is 0 Å². The smallest absolute Gasteiger partial charge is 0.354 e. The van der Waals surface area contributed by atoms with E-state index in [1.165, 1.54) is 12.1 Å². The number of guanidine groups is 1. The Labute approximate surface area is 195 Å². The Bertz CT molecular complexity index is 796. The number of alkyl halides is 3. The number of urea groups is 1. The molecule has 0 spiro atoms. The minimum atomic E-state index is -4.34. The van der Waals surface area contributed by atoms with E-state index in [1.54, 1.807) is 13.1 Å². The molecule has 0 unspecified atom stereocenters. The van der Waals surface area contributed by atoms with E-state index in [9.17, 15) is 22.8 Å². The monoisotopic (exact) mass is 554 g/mol. The van der Waals surface area contributed by atoms with Gasteiger partial charge in [0.15, 0.2) is 5.96 Å². The van der Waals surface area contributed by atoms with Gasteiger partial charge in [0.25, 0.3) is 0 Å². The van der Waals surface area contributed by atoms with Gasteiger partial charge in [-0.05, 0) is 11.6 Å². The first-order chi connectivity index (χ1) is 14.3. The molecular weight excluding hydrogens is 528 g/mol. The van der Waals surface area contributed by atoms with Crippen LogP contribution in [-0.2, 0) is 17.5 Å². The molecule has 0 bridgehead atoms. The van der Waals surface area contributed by atoms with Gasteiger partial charge in [0.05, 0.1) is 12.1 Å². The van der Waals surface area contributed by atoms with Crippen molar-refractivity contribution < 1.29 is 22.8 Å². The lowest BCUT2D eigenvalue weighted by Crippen LogP contribution is -2.53. The first-order valence-electron chi connectivity index (χ1n) is 9.70. The highest BCUT2D eigenvalue weighted by atomic mass is 127. The summed E-state index contributed by atoms with van der Waals surface area (Å²) in [5.74, 6) is 0.417. The van der Waals surface area contributed by atoms with E-state index in [2.05, 4.69) is 25.4 Å². The highest BCUT2D eigenvalue weighted by molar-refractivity contribution is 14.0. The maximum atomic E-state index is 12.9. The fourth-order valence-electron chi connectivity index (χ4n) is 3.52. The molecule has 0 radical (unpaired) electrons. The minimum Gasteiger partial charge on any atom is -0.354 e. The quantitative estimate of drug-likeness (QED) is 0.250. The number of piperazine rings is 1. The van der Waals surface area contributed by atoms with Crippen LogP contribution in [0.1, 0.15) is 11.1 Å². The van der Waals surface area contributed by atoms with Crippen LogP contribution in [0.25, 0.3) is 0 Å². The van der Waals surface area contributed by atoms with Crippen LogP contribution in [0, 0.1) is 0 Å². The summed E-state index contributed by atoms with van der Waals surface area (Å²) in [7, 11) is 1.66. The fourth-order valence-corrected chi connectivity index (χ4v) is 3.52. The largest absolute Gasteiger partial charge is 0.416 e. The molecule has 2 heterocycles. The van der Waals surface area contributed by atoms with Crippen LogP contribution >= 0.6 is 24.0 Å². The van der Waals surface area contributed by atoms with E-state index in [1.807, 2.05) is 0 Å². The van der Waals surface area contributed by atoms with E-state index < -0.39 is 11.7 Å². The minimum absolute atomic E-state index is 0. The molecule has 172 valence electrons. The Kier molecular flexibility index (Phi) is 8.91. The molecule has 1 aromatic rings. The molecule has 8 nitrogen and oxygen atoms in total. The fraction of sp³-hybridized carbons (Fsp3) is 0.526. The Balaban J connectivity index is 0.00000341. The summed E-state index contributed by atoms with van der Waals surface area (Å²) < 4.78 is 38.7. The van der Waals surface area contributed by atoms with Crippen LogP contribution < -0.4 is 10.6 Å². The Morgan fingerprint density at radius 3 is 2.48 bits per heavy atom. The van der Waals surface area contributed by atoms with E-state index in [0.29, 0.717) is 50.8 Å². The molecule has 12 heteroatoms. The average Bonchev–Trinajstić information content (AvgIpc) is 3.03. The Morgan fingerprint density at radius 1 is 1.19 bits per heavy atom. The number of hydrogen-bond donors (Lipinski definition) is 2. The summed E-state index contributed by atoms with van der Waals surface area (Å²) in [5.41, 5.74) is 0.00254. The van der Waals surface area contributed by atoms with Crippen molar-refractivity contribution in [2.75, 3.05) is 52.9 Å². The summed E-state index contributed by atoms with van der Waals surface area (Å²) in [6.45, 7) is 3.82. The van der Waals surface area contributed by atoms with Crippen LogP contribution in [0.2, 0.25) is 0 Å². The third-order valence-electron chi connectivity index (χ3n) is 5.10. The van der Waals surface area contributed by atoms with Gasteiger partial charge < -0.3 is 15.5 Å². The van der Waals surface area contributed by atoms with Gasteiger partial charge >= 0.3 is 12.2 Å². The normalized spacial score (nSPS) is 18.1. The van der Waals surface area contributed by atoms with E-state index in [0.717, 1.165) is 11.0 Å². The number of rotatable bonds is 5. The number of nitrogens with one attached hydrogen (secondary N) is 2. The maximum Gasteiger partial charge on any atom is 0.416 e. The summed E-state index contributed by atoms with van der Waals surface area (Å²) in [6.07, 6.45) is -4.34. The SMILES string of the molecule is CN=C(NCCN1C(=O)CNC1=O)N1CCN(Cc2cccc(C(F)(F)F)c2)CC1.I. The number of nitrogens with zero attached hydrogens (tertiary/aromatic N) is 4. The van der Waals surface area contributed by atoms with Gasteiger partial charge in [-0.2, -0.15) is 13.2 Å². The molecule has 2 fully saturated rings. The molecule has 0 saturated carbocycles. The van der Waals surface area contributed by atoms with E-state index >= 15 is 0 Å². The Hall–Kier alpha value is -2.09. The summed E-state index contributed by atoms with van der Waals surface area (Å²) >= 11 is 0. The summed E-state index contributed by atoms with van der Waals surface area (Å²) in [5, 5.41) is 5.63. The van der Waals surface area contributed by atoms with Gasteiger partial charge in [0.2, 0.25) is 5.91 Å². The van der Waals surface area contributed by atoms with Crippen LogP contribution in [0.5, 0.6) is 0 Å². The third-order valence-corrected chi connectivity index (χ3v) is 5.10. The second-order valence-electron chi connectivity index (χ2n) is 7.14. The zero-order valence-electron chi connectivity index (χ0n) is 17.1. The van der Waals surface area contributed by atoms with E-state index in [4.69, 9.17) is 0 Å². The van der Waals surface area contributed by atoms with Crippen molar-refractivity contribution >= 4 is 41.9 Å². The molecule has 0 aliphatic carbocycles. The standard InChI is InChI=1S/C19H25F3N6O2.HI/c1-23-17(24-5-6-28-16(29)12-25-18(28)30)27-9-7-26(8-10-27)13-14-3-2-4-15(11-14)19(20,21)22;/h2-4,11H,5-10,12-13H2,1H3,(H,23,24)(H,25,30);1H. The zero-order valence-corrected chi connectivity index (χ0v) is 19.4. The zero-order chi connectivity index (χ0) is 21.7. The maximum absolute atomic E-state index is 12.9. The van der Waals surface area contributed by atoms with Gasteiger partial charge in [0, 0.05) is 52.9 Å². The molecule has 0 atom stereocenters. The number of carbonyl (C=O) groups excluding carboxylic acids is 2. The Morgan fingerprint density at radius 2 is 1.90 bits per heavy atom. The van der Waals surface area contributed by atoms with Crippen molar-refractivity contribution in [2.24, 2.45) is 4.99 Å². The van der Waals surface area contributed by atoms with Crippen LogP contribution in [0.3, 0.4) is 0 Å².